The van der Waals surface area contributed by atoms with E-state index in [0.29, 0.717) is 11.3 Å². The van der Waals surface area contributed by atoms with Crippen LogP contribution in [0.5, 0.6) is 5.75 Å². The Kier molecular flexibility index (Phi) is 6.20. The number of rotatable bonds is 7. The molecule has 18 heavy (non-hydrogen) atoms. The molecule has 1 rings (SSSR count). The molecule has 0 saturated heterocycles. The number of aliphatic hydroxyl groups is 1. The Morgan fingerprint density at radius 3 is 2.17 bits per heavy atom. The van der Waals surface area contributed by atoms with Gasteiger partial charge in [-0.1, -0.05) is 32.8 Å². The maximum atomic E-state index is 10.3. The van der Waals surface area contributed by atoms with E-state index in [1.54, 1.807) is 0 Å². The summed E-state index contributed by atoms with van der Waals surface area (Å²) in [6.07, 6.45) is 6.45. The minimum atomic E-state index is -0.0785. The molecular weight excluding hydrogens is 224 g/mol. The molecule has 0 aromatic heterocycles. The minimum Gasteiger partial charge on any atom is -0.507 e. The van der Waals surface area contributed by atoms with E-state index in [9.17, 15) is 10.2 Å². The van der Waals surface area contributed by atoms with Crippen molar-refractivity contribution < 1.29 is 10.2 Å². The second-order valence-corrected chi connectivity index (χ2v) is 5.02. The van der Waals surface area contributed by atoms with Gasteiger partial charge in [0.05, 0.1) is 6.61 Å². The number of aliphatic hydroxyl groups excluding tert-OH is 1. The van der Waals surface area contributed by atoms with E-state index in [2.05, 4.69) is 19.9 Å². The van der Waals surface area contributed by atoms with E-state index in [0.717, 1.165) is 49.7 Å². The highest BCUT2D eigenvalue weighted by Gasteiger charge is 2.14. The number of phenols is 1. The summed E-state index contributed by atoms with van der Waals surface area (Å²) in [7, 11) is 0. The first-order valence-electron chi connectivity index (χ1n) is 7.09. The average molecular weight is 250 g/mol. The summed E-state index contributed by atoms with van der Waals surface area (Å²) in [6, 6.07) is 2.14. The Hall–Kier alpha value is -1.02. The SMILES string of the molecule is CCCCc1cc(C)c(CO)c(O)c1CCCC. The summed E-state index contributed by atoms with van der Waals surface area (Å²) in [4.78, 5) is 0. The third kappa shape index (κ3) is 3.49. The van der Waals surface area contributed by atoms with Crippen LogP contribution in [0, 0.1) is 6.92 Å². The normalized spacial score (nSPS) is 10.9. The number of benzene rings is 1. The van der Waals surface area contributed by atoms with Gasteiger partial charge in [-0.2, -0.15) is 0 Å². The first kappa shape index (κ1) is 15.0. The lowest BCUT2D eigenvalue weighted by atomic mass is 9.92. The largest absolute Gasteiger partial charge is 0.507 e. The summed E-state index contributed by atoms with van der Waals surface area (Å²) in [5.74, 6) is 0.331. The van der Waals surface area contributed by atoms with Crippen molar-refractivity contribution in [1.29, 1.82) is 0 Å². The minimum absolute atomic E-state index is 0.0785. The molecule has 2 heteroatoms. The van der Waals surface area contributed by atoms with Crippen LogP contribution in [0.15, 0.2) is 6.07 Å². The van der Waals surface area contributed by atoms with Gasteiger partial charge in [-0.05, 0) is 49.3 Å². The molecule has 102 valence electrons. The lowest BCUT2D eigenvalue weighted by Gasteiger charge is -2.16. The smallest absolute Gasteiger partial charge is 0.124 e. The number of aromatic hydroxyl groups is 1. The molecule has 2 N–H and O–H groups in total. The van der Waals surface area contributed by atoms with E-state index < -0.39 is 0 Å². The predicted octanol–water partition coefficient (Wildman–Crippen LogP) is 3.88. The fourth-order valence-corrected chi connectivity index (χ4v) is 2.38. The van der Waals surface area contributed by atoms with Crippen molar-refractivity contribution in [2.45, 2.75) is 65.9 Å². The van der Waals surface area contributed by atoms with Crippen molar-refractivity contribution in [3.63, 3.8) is 0 Å². The fourth-order valence-electron chi connectivity index (χ4n) is 2.38. The van der Waals surface area contributed by atoms with E-state index in [1.807, 2.05) is 6.92 Å². The predicted molar refractivity (Wildman–Crippen MR) is 76.0 cm³/mol. The van der Waals surface area contributed by atoms with Gasteiger partial charge in [-0.25, -0.2) is 0 Å². The van der Waals surface area contributed by atoms with Gasteiger partial charge in [0.15, 0.2) is 0 Å². The lowest BCUT2D eigenvalue weighted by Crippen LogP contribution is -2.01. The number of hydrogen-bond donors (Lipinski definition) is 2. The van der Waals surface area contributed by atoms with E-state index >= 15 is 0 Å². The Morgan fingerprint density at radius 2 is 1.61 bits per heavy atom. The van der Waals surface area contributed by atoms with Gasteiger partial charge >= 0.3 is 0 Å². The molecule has 0 spiro atoms. The van der Waals surface area contributed by atoms with Crippen molar-refractivity contribution in [3.8, 4) is 5.75 Å². The van der Waals surface area contributed by atoms with Crippen LogP contribution in [0.1, 0.15) is 61.8 Å². The van der Waals surface area contributed by atoms with Gasteiger partial charge < -0.3 is 10.2 Å². The molecule has 1 aromatic rings. The van der Waals surface area contributed by atoms with Crippen molar-refractivity contribution in [3.05, 3.63) is 28.3 Å². The standard InChI is InChI=1S/C16H26O2/c1-4-6-8-13-10-12(3)15(11-17)16(18)14(13)9-7-5-2/h10,17-18H,4-9,11H2,1-3H3. The molecule has 0 aliphatic rings. The maximum Gasteiger partial charge on any atom is 0.124 e. The van der Waals surface area contributed by atoms with Gasteiger partial charge in [0.25, 0.3) is 0 Å². The molecule has 0 saturated carbocycles. The topological polar surface area (TPSA) is 40.5 Å². The fraction of sp³-hybridized carbons (Fsp3) is 0.625. The zero-order valence-electron chi connectivity index (χ0n) is 11.9. The van der Waals surface area contributed by atoms with E-state index in [4.69, 9.17) is 0 Å². The molecule has 0 heterocycles. The molecule has 0 amide bonds. The molecule has 0 fully saturated rings. The second kappa shape index (κ2) is 7.42. The van der Waals surface area contributed by atoms with Crippen LogP contribution < -0.4 is 0 Å². The third-order valence-corrected chi connectivity index (χ3v) is 3.56. The summed E-state index contributed by atoms with van der Waals surface area (Å²) in [5, 5.41) is 19.7. The maximum absolute atomic E-state index is 10.3. The van der Waals surface area contributed by atoms with Crippen LogP contribution >= 0.6 is 0 Å². The number of unbranched alkanes of at least 4 members (excludes halogenated alkanes) is 2. The number of hydrogen-bond acceptors (Lipinski definition) is 2. The average Bonchev–Trinajstić information content (AvgIpc) is 2.35. The monoisotopic (exact) mass is 250 g/mol. The summed E-state index contributed by atoms with van der Waals surface area (Å²) < 4.78 is 0. The Morgan fingerprint density at radius 1 is 1.00 bits per heavy atom. The van der Waals surface area contributed by atoms with E-state index in [-0.39, 0.29) is 6.61 Å². The highest BCUT2D eigenvalue weighted by atomic mass is 16.3. The first-order chi connectivity index (χ1) is 8.65. The Bertz CT molecular complexity index is 383. The van der Waals surface area contributed by atoms with Crippen molar-refractivity contribution in [1.82, 2.24) is 0 Å². The second-order valence-electron chi connectivity index (χ2n) is 5.02. The summed E-state index contributed by atoms with van der Waals surface area (Å²) in [5.41, 5.74) is 4.01. The molecule has 0 atom stereocenters. The molecule has 0 bridgehead atoms. The molecule has 0 aliphatic heterocycles. The molecular formula is C16H26O2. The van der Waals surface area contributed by atoms with Crippen LogP contribution in [0.25, 0.3) is 0 Å². The van der Waals surface area contributed by atoms with Gasteiger partial charge in [-0.15, -0.1) is 0 Å². The van der Waals surface area contributed by atoms with Gasteiger partial charge in [0, 0.05) is 5.56 Å². The zero-order valence-corrected chi connectivity index (χ0v) is 11.9. The van der Waals surface area contributed by atoms with Gasteiger partial charge in [-0.3, -0.25) is 0 Å². The van der Waals surface area contributed by atoms with E-state index in [1.165, 1.54) is 5.56 Å². The van der Waals surface area contributed by atoms with Crippen LogP contribution in [-0.2, 0) is 19.4 Å². The zero-order chi connectivity index (χ0) is 13.5. The molecule has 0 radical (unpaired) electrons. The van der Waals surface area contributed by atoms with Crippen molar-refractivity contribution >= 4 is 0 Å². The van der Waals surface area contributed by atoms with Crippen LogP contribution in [0.2, 0.25) is 0 Å². The van der Waals surface area contributed by atoms with Gasteiger partial charge in [0.1, 0.15) is 5.75 Å². The molecule has 0 unspecified atom stereocenters. The van der Waals surface area contributed by atoms with Gasteiger partial charge in [0.2, 0.25) is 0 Å². The summed E-state index contributed by atoms with van der Waals surface area (Å²) >= 11 is 0. The molecule has 0 aliphatic carbocycles. The van der Waals surface area contributed by atoms with Crippen molar-refractivity contribution in [2.75, 3.05) is 0 Å². The number of aryl methyl sites for hydroxylation is 2. The Labute approximate surface area is 111 Å². The van der Waals surface area contributed by atoms with Crippen LogP contribution in [0.3, 0.4) is 0 Å². The summed E-state index contributed by atoms with van der Waals surface area (Å²) in [6.45, 7) is 6.22. The highest BCUT2D eigenvalue weighted by molar-refractivity contribution is 5.49. The highest BCUT2D eigenvalue weighted by Crippen LogP contribution is 2.31. The van der Waals surface area contributed by atoms with Crippen LogP contribution in [-0.4, -0.2) is 10.2 Å². The third-order valence-electron chi connectivity index (χ3n) is 3.56. The first-order valence-corrected chi connectivity index (χ1v) is 7.09. The molecule has 2 nitrogen and oxygen atoms in total. The quantitative estimate of drug-likeness (QED) is 0.771. The van der Waals surface area contributed by atoms with Crippen LogP contribution in [0.4, 0.5) is 0 Å². The Balaban J connectivity index is 3.13. The lowest BCUT2D eigenvalue weighted by molar-refractivity contribution is 0.274. The molecule has 1 aromatic carbocycles. The van der Waals surface area contributed by atoms with Crippen molar-refractivity contribution in [2.24, 2.45) is 0 Å².